The smallest absolute Gasteiger partial charge is 0.354 e. The lowest BCUT2D eigenvalue weighted by Crippen LogP contribution is -2.03. The molecule has 1 aromatic heterocycles. The largest absolute Gasteiger partial charge is 0.477 e. The van der Waals surface area contributed by atoms with Crippen molar-refractivity contribution in [3.05, 3.63) is 29.6 Å². The van der Waals surface area contributed by atoms with Crippen molar-refractivity contribution >= 4 is 5.97 Å². The molecule has 0 aliphatic heterocycles. The molecule has 3 nitrogen and oxygen atoms in total. The van der Waals surface area contributed by atoms with Crippen LogP contribution in [0.1, 0.15) is 55.1 Å². The number of aromatic nitrogens is 1. The highest BCUT2D eigenvalue weighted by atomic mass is 16.4. The van der Waals surface area contributed by atoms with Crippen molar-refractivity contribution in [2.45, 2.75) is 39.0 Å². The van der Waals surface area contributed by atoms with Gasteiger partial charge in [-0.1, -0.05) is 20.3 Å². The third-order valence-electron chi connectivity index (χ3n) is 2.60. The minimum atomic E-state index is -0.955. The molecular weight excluding hydrogens is 190 g/mol. The lowest BCUT2D eigenvalue weighted by molar-refractivity contribution is 0.0690. The molecule has 0 fully saturated rings. The molecule has 1 unspecified atom stereocenters. The summed E-state index contributed by atoms with van der Waals surface area (Å²) in [7, 11) is 0. The third-order valence-corrected chi connectivity index (χ3v) is 2.60. The van der Waals surface area contributed by atoms with Crippen LogP contribution in [0.4, 0.5) is 0 Å². The second kappa shape index (κ2) is 5.49. The Morgan fingerprint density at radius 2 is 2.27 bits per heavy atom. The lowest BCUT2D eigenvalue weighted by atomic mass is 9.92. The van der Waals surface area contributed by atoms with Crippen molar-refractivity contribution in [3.63, 3.8) is 0 Å². The number of aromatic carboxylic acids is 1. The van der Waals surface area contributed by atoms with Gasteiger partial charge in [0.25, 0.3) is 0 Å². The van der Waals surface area contributed by atoms with E-state index in [1.54, 1.807) is 12.3 Å². The Morgan fingerprint density at radius 1 is 1.53 bits per heavy atom. The summed E-state index contributed by atoms with van der Waals surface area (Å²) in [5.41, 5.74) is 1.23. The Labute approximate surface area is 90.2 Å². The molecule has 0 aromatic carbocycles. The zero-order valence-corrected chi connectivity index (χ0v) is 9.23. The van der Waals surface area contributed by atoms with Gasteiger partial charge in [-0.3, -0.25) is 0 Å². The molecule has 0 spiro atoms. The monoisotopic (exact) mass is 207 g/mol. The van der Waals surface area contributed by atoms with Crippen molar-refractivity contribution in [2.24, 2.45) is 0 Å². The Kier molecular flexibility index (Phi) is 4.28. The minimum absolute atomic E-state index is 0.141. The van der Waals surface area contributed by atoms with E-state index in [1.807, 2.05) is 6.07 Å². The Hall–Kier alpha value is -1.38. The van der Waals surface area contributed by atoms with Gasteiger partial charge in [0.15, 0.2) is 0 Å². The van der Waals surface area contributed by atoms with Crippen molar-refractivity contribution < 1.29 is 9.90 Å². The average Bonchev–Trinajstić information content (AvgIpc) is 2.26. The first kappa shape index (κ1) is 11.7. The van der Waals surface area contributed by atoms with Crippen LogP contribution < -0.4 is 0 Å². The summed E-state index contributed by atoms with van der Waals surface area (Å²) in [6.07, 6.45) is 4.83. The van der Waals surface area contributed by atoms with Crippen molar-refractivity contribution in [2.75, 3.05) is 0 Å². The Morgan fingerprint density at radius 3 is 2.80 bits per heavy atom. The molecule has 1 atom stereocenters. The first-order valence-electron chi connectivity index (χ1n) is 5.38. The second-order valence-electron chi connectivity index (χ2n) is 3.67. The molecule has 1 aromatic rings. The van der Waals surface area contributed by atoms with E-state index in [1.165, 1.54) is 0 Å². The van der Waals surface area contributed by atoms with Crippen LogP contribution in [0.2, 0.25) is 0 Å². The van der Waals surface area contributed by atoms with E-state index in [2.05, 4.69) is 18.8 Å². The quantitative estimate of drug-likeness (QED) is 0.807. The van der Waals surface area contributed by atoms with Crippen LogP contribution in [0.5, 0.6) is 0 Å². The number of carboxylic acid groups (broad SMARTS) is 1. The molecule has 15 heavy (non-hydrogen) atoms. The van der Waals surface area contributed by atoms with E-state index in [4.69, 9.17) is 5.11 Å². The van der Waals surface area contributed by atoms with E-state index >= 15 is 0 Å². The Balaban J connectivity index is 2.92. The average molecular weight is 207 g/mol. The van der Waals surface area contributed by atoms with E-state index < -0.39 is 5.97 Å². The highest BCUT2D eigenvalue weighted by molar-refractivity contribution is 5.85. The van der Waals surface area contributed by atoms with Crippen LogP contribution >= 0.6 is 0 Å². The molecule has 1 N–H and O–H groups in total. The highest BCUT2D eigenvalue weighted by Gasteiger charge is 2.11. The molecule has 0 bridgehead atoms. The first-order chi connectivity index (χ1) is 7.19. The first-order valence-corrected chi connectivity index (χ1v) is 5.38. The standard InChI is InChI=1S/C12H17NO2/c1-3-5-9(4-2)10-6-7-13-11(8-10)12(14)15/h6-9H,3-5H2,1-2H3,(H,14,15). The molecule has 0 radical (unpaired) electrons. The maximum atomic E-state index is 10.8. The van der Waals surface area contributed by atoms with Gasteiger partial charge in [0.05, 0.1) is 0 Å². The number of rotatable bonds is 5. The maximum absolute atomic E-state index is 10.8. The van der Waals surface area contributed by atoms with E-state index in [0.29, 0.717) is 5.92 Å². The topological polar surface area (TPSA) is 50.2 Å². The van der Waals surface area contributed by atoms with E-state index in [0.717, 1.165) is 24.8 Å². The minimum Gasteiger partial charge on any atom is -0.477 e. The fourth-order valence-corrected chi connectivity index (χ4v) is 1.77. The van der Waals surface area contributed by atoms with Crippen molar-refractivity contribution in [3.8, 4) is 0 Å². The molecule has 1 rings (SSSR count). The zero-order chi connectivity index (χ0) is 11.3. The predicted molar refractivity (Wildman–Crippen MR) is 59.1 cm³/mol. The van der Waals surface area contributed by atoms with Gasteiger partial charge in [0.1, 0.15) is 5.69 Å². The molecule has 0 aliphatic carbocycles. The van der Waals surface area contributed by atoms with Gasteiger partial charge in [0.2, 0.25) is 0 Å². The molecule has 82 valence electrons. The molecule has 0 amide bonds. The molecule has 0 aliphatic rings. The second-order valence-corrected chi connectivity index (χ2v) is 3.67. The zero-order valence-electron chi connectivity index (χ0n) is 9.23. The summed E-state index contributed by atoms with van der Waals surface area (Å²) in [5, 5.41) is 8.83. The predicted octanol–water partition coefficient (Wildman–Crippen LogP) is 3.07. The van der Waals surface area contributed by atoms with Crippen molar-refractivity contribution in [1.82, 2.24) is 4.98 Å². The number of hydrogen-bond donors (Lipinski definition) is 1. The summed E-state index contributed by atoms with van der Waals surface area (Å²) in [6, 6.07) is 3.60. The van der Waals surface area contributed by atoms with E-state index in [9.17, 15) is 4.79 Å². The molecule has 0 saturated heterocycles. The van der Waals surface area contributed by atoms with Crippen LogP contribution in [0.15, 0.2) is 18.3 Å². The number of carbonyl (C=O) groups is 1. The summed E-state index contributed by atoms with van der Waals surface area (Å²) >= 11 is 0. The SMILES string of the molecule is CCCC(CC)c1ccnc(C(=O)O)c1. The van der Waals surface area contributed by atoms with Gasteiger partial charge in [-0.05, 0) is 36.5 Å². The lowest BCUT2D eigenvalue weighted by Gasteiger charge is -2.14. The fraction of sp³-hybridized carbons (Fsp3) is 0.500. The normalized spacial score (nSPS) is 12.4. The van der Waals surface area contributed by atoms with E-state index in [-0.39, 0.29) is 5.69 Å². The summed E-state index contributed by atoms with van der Waals surface area (Å²) in [6.45, 7) is 4.27. The van der Waals surface area contributed by atoms with Gasteiger partial charge < -0.3 is 5.11 Å². The molecule has 1 heterocycles. The van der Waals surface area contributed by atoms with Gasteiger partial charge in [-0.2, -0.15) is 0 Å². The van der Waals surface area contributed by atoms with Gasteiger partial charge in [-0.25, -0.2) is 9.78 Å². The van der Waals surface area contributed by atoms with Gasteiger partial charge in [-0.15, -0.1) is 0 Å². The number of hydrogen-bond acceptors (Lipinski definition) is 2. The van der Waals surface area contributed by atoms with Crippen LogP contribution in [0.25, 0.3) is 0 Å². The Bertz CT molecular complexity index is 336. The summed E-state index contributed by atoms with van der Waals surface area (Å²) in [4.78, 5) is 14.6. The highest BCUT2D eigenvalue weighted by Crippen LogP contribution is 2.24. The molecule has 3 heteroatoms. The fourth-order valence-electron chi connectivity index (χ4n) is 1.77. The summed E-state index contributed by atoms with van der Waals surface area (Å²) < 4.78 is 0. The third kappa shape index (κ3) is 3.05. The number of pyridine rings is 1. The van der Waals surface area contributed by atoms with Crippen LogP contribution in [0, 0.1) is 0 Å². The number of carboxylic acids is 1. The number of nitrogens with zero attached hydrogens (tertiary/aromatic N) is 1. The van der Waals surface area contributed by atoms with Gasteiger partial charge >= 0.3 is 5.97 Å². The molecule has 0 saturated carbocycles. The van der Waals surface area contributed by atoms with Crippen LogP contribution in [-0.2, 0) is 0 Å². The van der Waals surface area contributed by atoms with Crippen LogP contribution in [0.3, 0.4) is 0 Å². The van der Waals surface area contributed by atoms with Crippen molar-refractivity contribution in [1.29, 1.82) is 0 Å². The van der Waals surface area contributed by atoms with Crippen LogP contribution in [-0.4, -0.2) is 16.1 Å². The van der Waals surface area contributed by atoms with Gasteiger partial charge in [0, 0.05) is 6.20 Å². The molecular formula is C12H17NO2. The maximum Gasteiger partial charge on any atom is 0.354 e. The summed E-state index contributed by atoms with van der Waals surface area (Å²) in [5.74, 6) is -0.501.